The number of hydrogen-bond acceptors (Lipinski definition) is 3. The smallest absolute Gasteiger partial charge is 0.224 e. The van der Waals surface area contributed by atoms with E-state index in [4.69, 9.17) is 5.73 Å². The third-order valence-electron chi connectivity index (χ3n) is 6.75. The molecule has 3 N–H and O–H groups in total. The van der Waals surface area contributed by atoms with Crippen molar-refractivity contribution in [1.82, 2.24) is 0 Å². The minimum atomic E-state index is -0.182. The van der Waals surface area contributed by atoms with Crippen LogP contribution in [0, 0.1) is 23.7 Å². The third-order valence-corrected chi connectivity index (χ3v) is 6.75. The van der Waals surface area contributed by atoms with Crippen molar-refractivity contribution in [2.45, 2.75) is 44.9 Å². The number of rotatable bonds is 5. The molecule has 1 aromatic rings. The molecule has 140 valence electrons. The summed E-state index contributed by atoms with van der Waals surface area (Å²) in [6.07, 6.45) is 7.60. The zero-order valence-corrected chi connectivity index (χ0v) is 15.3. The molecule has 3 unspecified atom stereocenters. The van der Waals surface area contributed by atoms with Gasteiger partial charge in [0.15, 0.2) is 0 Å². The molecule has 0 aromatic heterocycles. The summed E-state index contributed by atoms with van der Waals surface area (Å²) in [6, 6.07) is 8.07. The van der Waals surface area contributed by atoms with Gasteiger partial charge >= 0.3 is 0 Å². The fourth-order valence-corrected chi connectivity index (χ4v) is 5.25. The Morgan fingerprint density at radius 3 is 2.35 bits per heavy atom. The molecule has 1 saturated heterocycles. The number of anilines is 2. The second-order valence-electron chi connectivity index (χ2n) is 8.40. The molecule has 3 aliphatic rings. The van der Waals surface area contributed by atoms with Gasteiger partial charge in [0.05, 0.1) is 0 Å². The maximum absolute atomic E-state index is 12.4. The van der Waals surface area contributed by atoms with Crippen molar-refractivity contribution in [2.24, 2.45) is 29.4 Å². The molecule has 1 heterocycles. The Kier molecular flexibility index (Phi) is 4.88. The van der Waals surface area contributed by atoms with Crippen LogP contribution in [0.4, 0.5) is 11.4 Å². The standard InChI is InChI=1S/C21H29N3O2/c22-21(26)15-7-9-24(10-8-15)19-5-3-18(4-6-19)23-20(25)13-17-12-14-1-2-16(17)11-14/h3-6,14-17H,1-2,7-13H2,(H2,22,26)(H,23,25). The molecule has 3 fully saturated rings. The van der Waals surface area contributed by atoms with Crippen LogP contribution in [0.1, 0.15) is 44.9 Å². The van der Waals surface area contributed by atoms with Crippen molar-refractivity contribution >= 4 is 23.2 Å². The lowest BCUT2D eigenvalue weighted by Gasteiger charge is -2.32. The summed E-state index contributed by atoms with van der Waals surface area (Å²) in [6.45, 7) is 1.70. The minimum absolute atomic E-state index is 0.00987. The van der Waals surface area contributed by atoms with Gasteiger partial charge in [0.25, 0.3) is 0 Å². The lowest BCUT2D eigenvalue weighted by atomic mass is 9.86. The molecule has 0 radical (unpaired) electrons. The minimum Gasteiger partial charge on any atom is -0.371 e. The number of carbonyl (C=O) groups is 2. The summed E-state index contributed by atoms with van der Waals surface area (Å²) in [4.78, 5) is 25.9. The number of nitrogens with one attached hydrogen (secondary N) is 1. The number of benzene rings is 1. The number of primary amides is 1. The van der Waals surface area contributed by atoms with E-state index in [1.165, 1.54) is 25.7 Å². The second kappa shape index (κ2) is 7.29. The van der Waals surface area contributed by atoms with E-state index in [9.17, 15) is 9.59 Å². The Morgan fingerprint density at radius 1 is 1.04 bits per heavy atom. The lowest BCUT2D eigenvalue weighted by molar-refractivity contribution is -0.122. The molecule has 5 nitrogen and oxygen atoms in total. The molecule has 1 aromatic carbocycles. The van der Waals surface area contributed by atoms with Gasteiger partial charge in [0, 0.05) is 36.8 Å². The van der Waals surface area contributed by atoms with Crippen LogP contribution in [-0.2, 0) is 9.59 Å². The van der Waals surface area contributed by atoms with Gasteiger partial charge in [-0.25, -0.2) is 0 Å². The molecule has 4 rings (SSSR count). The normalized spacial score (nSPS) is 28.3. The number of carbonyl (C=O) groups excluding carboxylic acids is 2. The van der Waals surface area contributed by atoms with Crippen LogP contribution in [0.2, 0.25) is 0 Å². The van der Waals surface area contributed by atoms with Gasteiger partial charge in [-0.2, -0.15) is 0 Å². The van der Waals surface area contributed by atoms with E-state index in [0.29, 0.717) is 12.3 Å². The van der Waals surface area contributed by atoms with Crippen LogP contribution in [-0.4, -0.2) is 24.9 Å². The first kappa shape index (κ1) is 17.4. The lowest BCUT2D eigenvalue weighted by Crippen LogP contribution is -2.38. The van der Waals surface area contributed by atoms with Crippen molar-refractivity contribution in [2.75, 3.05) is 23.3 Å². The monoisotopic (exact) mass is 355 g/mol. The van der Waals surface area contributed by atoms with E-state index in [2.05, 4.69) is 22.3 Å². The highest BCUT2D eigenvalue weighted by molar-refractivity contribution is 5.91. The molecule has 3 atom stereocenters. The van der Waals surface area contributed by atoms with Gasteiger partial charge in [0.2, 0.25) is 11.8 Å². The van der Waals surface area contributed by atoms with Gasteiger partial charge in [-0.1, -0.05) is 6.42 Å². The molecule has 0 spiro atoms. The van der Waals surface area contributed by atoms with Crippen molar-refractivity contribution in [1.29, 1.82) is 0 Å². The van der Waals surface area contributed by atoms with Crippen molar-refractivity contribution in [3.05, 3.63) is 24.3 Å². The highest BCUT2D eigenvalue weighted by Crippen LogP contribution is 2.49. The Morgan fingerprint density at radius 2 is 1.77 bits per heavy atom. The van der Waals surface area contributed by atoms with Gasteiger partial charge in [-0.3, -0.25) is 9.59 Å². The fourth-order valence-electron chi connectivity index (χ4n) is 5.25. The van der Waals surface area contributed by atoms with Crippen molar-refractivity contribution in [3.8, 4) is 0 Å². The van der Waals surface area contributed by atoms with Gasteiger partial charge in [-0.15, -0.1) is 0 Å². The summed E-state index contributed by atoms with van der Waals surface area (Å²) >= 11 is 0. The molecule has 2 bridgehead atoms. The maximum atomic E-state index is 12.4. The van der Waals surface area contributed by atoms with E-state index < -0.39 is 0 Å². The Bertz CT molecular complexity index is 664. The topological polar surface area (TPSA) is 75.4 Å². The molecule has 1 aliphatic heterocycles. The zero-order chi connectivity index (χ0) is 18.1. The first-order valence-electron chi connectivity index (χ1n) is 10.0. The first-order chi connectivity index (χ1) is 12.6. The van der Waals surface area contributed by atoms with Gasteiger partial charge < -0.3 is 16.0 Å². The quantitative estimate of drug-likeness (QED) is 0.852. The van der Waals surface area contributed by atoms with Crippen molar-refractivity contribution < 1.29 is 9.59 Å². The summed E-state index contributed by atoms with van der Waals surface area (Å²) in [7, 11) is 0. The molecular weight excluding hydrogens is 326 g/mol. The first-order valence-corrected chi connectivity index (χ1v) is 10.0. The highest BCUT2D eigenvalue weighted by Gasteiger charge is 2.40. The second-order valence-corrected chi connectivity index (χ2v) is 8.40. The van der Waals surface area contributed by atoms with Crippen LogP contribution in [0.5, 0.6) is 0 Å². The number of piperidine rings is 1. The molecule has 2 aliphatic carbocycles. The average Bonchev–Trinajstić information content (AvgIpc) is 3.25. The summed E-state index contributed by atoms with van der Waals surface area (Å²) in [5.74, 6) is 2.25. The number of fused-ring (bicyclic) bond motifs is 2. The van der Waals surface area contributed by atoms with E-state index in [1.807, 2.05) is 12.1 Å². The summed E-state index contributed by atoms with van der Waals surface area (Å²) in [5, 5.41) is 3.06. The van der Waals surface area contributed by atoms with E-state index in [1.54, 1.807) is 0 Å². The number of nitrogens with zero attached hydrogens (tertiary/aromatic N) is 1. The van der Waals surface area contributed by atoms with E-state index >= 15 is 0 Å². The summed E-state index contributed by atoms with van der Waals surface area (Å²) in [5.41, 5.74) is 7.41. The van der Waals surface area contributed by atoms with Crippen LogP contribution < -0.4 is 16.0 Å². The van der Waals surface area contributed by atoms with Crippen molar-refractivity contribution in [3.63, 3.8) is 0 Å². The van der Waals surface area contributed by atoms with Crippen LogP contribution >= 0.6 is 0 Å². The zero-order valence-electron chi connectivity index (χ0n) is 15.3. The van der Waals surface area contributed by atoms with E-state index in [-0.39, 0.29) is 17.7 Å². The van der Waals surface area contributed by atoms with Crippen LogP contribution in [0.25, 0.3) is 0 Å². The number of amides is 2. The molecular formula is C21H29N3O2. The van der Waals surface area contributed by atoms with E-state index in [0.717, 1.165) is 49.1 Å². The van der Waals surface area contributed by atoms with Gasteiger partial charge in [0.1, 0.15) is 0 Å². The summed E-state index contributed by atoms with van der Waals surface area (Å²) < 4.78 is 0. The largest absolute Gasteiger partial charge is 0.371 e. The number of nitrogens with two attached hydrogens (primary N) is 1. The maximum Gasteiger partial charge on any atom is 0.224 e. The SMILES string of the molecule is NC(=O)C1CCN(c2ccc(NC(=O)CC3CC4CCC3C4)cc2)CC1. The van der Waals surface area contributed by atoms with Gasteiger partial charge in [-0.05, 0) is 74.1 Å². The molecule has 5 heteroatoms. The van der Waals surface area contributed by atoms with Crippen LogP contribution in [0.15, 0.2) is 24.3 Å². The predicted molar refractivity (Wildman–Crippen MR) is 103 cm³/mol. The molecule has 2 saturated carbocycles. The third kappa shape index (κ3) is 3.71. The molecule has 26 heavy (non-hydrogen) atoms. The molecule has 2 amide bonds. The number of hydrogen-bond donors (Lipinski definition) is 2. The Balaban J connectivity index is 1.28. The Labute approximate surface area is 155 Å². The highest BCUT2D eigenvalue weighted by atomic mass is 16.2. The Hall–Kier alpha value is -2.04. The predicted octanol–water partition coefficient (Wildman–Crippen LogP) is 3.15. The van der Waals surface area contributed by atoms with Crippen LogP contribution in [0.3, 0.4) is 0 Å². The fraction of sp³-hybridized carbons (Fsp3) is 0.619. The average molecular weight is 355 g/mol.